The van der Waals surface area contributed by atoms with Crippen molar-refractivity contribution in [2.45, 2.75) is 20.3 Å². The van der Waals surface area contributed by atoms with Gasteiger partial charge in [-0.15, -0.1) is 9.24 Å². The minimum atomic E-state index is -0.260. The quantitative estimate of drug-likeness (QED) is 0.365. The van der Waals surface area contributed by atoms with Crippen molar-refractivity contribution in [3.63, 3.8) is 0 Å². The summed E-state index contributed by atoms with van der Waals surface area (Å²) in [5, 5.41) is 2.24. The second-order valence-corrected chi connectivity index (χ2v) is 7.84. The molecule has 0 saturated carbocycles. The lowest BCUT2D eigenvalue weighted by atomic mass is 10.0. The summed E-state index contributed by atoms with van der Waals surface area (Å²) in [6.45, 7) is 4.81. The molecule has 0 aliphatic carbocycles. The Morgan fingerprint density at radius 3 is 2.41 bits per heavy atom. The second-order valence-electron chi connectivity index (χ2n) is 7.17. The summed E-state index contributed by atoms with van der Waals surface area (Å²) in [7, 11) is 2.71. The van der Waals surface area contributed by atoms with Crippen molar-refractivity contribution in [2.24, 2.45) is 0 Å². The largest absolute Gasteiger partial charge is 0.494 e. The van der Waals surface area contributed by atoms with Gasteiger partial charge in [-0.3, -0.25) is 0 Å². The molecule has 0 N–H and O–H groups in total. The van der Waals surface area contributed by atoms with Crippen LogP contribution >= 0.6 is 9.24 Å². The van der Waals surface area contributed by atoms with E-state index in [1.807, 2.05) is 54.6 Å². The van der Waals surface area contributed by atoms with Crippen LogP contribution in [0.5, 0.6) is 5.75 Å². The van der Waals surface area contributed by atoms with E-state index in [1.165, 1.54) is 0 Å². The van der Waals surface area contributed by atoms with Gasteiger partial charge in [0.25, 0.3) is 0 Å². The summed E-state index contributed by atoms with van der Waals surface area (Å²) < 4.78 is 20.5. The van der Waals surface area contributed by atoms with Gasteiger partial charge in [0, 0.05) is 16.5 Å². The van der Waals surface area contributed by atoms with Gasteiger partial charge in [0.05, 0.1) is 17.8 Å². The zero-order chi connectivity index (χ0) is 20.4. The van der Waals surface area contributed by atoms with Gasteiger partial charge in [-0.1, -0.05) is 37.3 Å². The Morgan fingerprint density at radius 1 is 0.931 bits per heavy atom. The van der Waals surface area contributed by atoms with Crippen LogP contribution in [0.2, 0.25) is 0 Å². The van der Waals surface area contributed by atoms with Gasteiger partial charge in [0.15, 0.2) is 0 Å². The predicted octanol–water partition coefficient (Wildman–Crippen LogP) is 6.31. The second kappa shape index (κ2) is 8.31. The fourth-order valence-corrected chi connectivity index (χ4v) is 3.68. The average molecular weight is 403 g/mol. The molecule has 1 atom stereocenters. The number of nitrogens with zero attached hydrogens (tertiary/aromatic N) is 1. The number of hydrogen-bond acceptors (Lipinski definition) is 2. The zero-order valence-electron chi connectivity index (χ0n) is 16.6. The number of pyridine rings is 1. The fraction of sp³-hybridized carbons (Fsp3) is 0.160. The molecule has 0 aliphatic heterocycles. The molecule has 0 amide bonds. The van der Waals surface area contributed by atoms with E-state index in [9.17, 15) is 4.39 Å². The van der Waals surface area contributed by atoms with Crippen molar-refractivity contribution in [3.8, 4) is 28.1 Å². The van der Waals surface area contributed by atoms with Crippen LogP contribution in [0.1, 0.15) is 18.9 Å². The van der Waals surface area contributed by atoms with Crippen LogP contribution < -0.4 is 10.0 Å². The molecule has 1 unspecified atom stereocenters. The molecule has 0 spiro atoms. The predicted molar refractivity (Wildman–Crippen MR) is 122 cm³/mol. The maximum atomic E-state index is 14.9. The van der Waals surface area contributed by atoms with Crippen LogP contribution in [0.25, 0.3) is 33.3 Å². The minimum Gasteiger partial charge on any atom is -0.494 e. The van der Waals surface area contributed by atoms with Gasteiger partial charge in [-0.25, -0.2) is 9.37 Å². The maximum absolute atomic E-state index is 14.9. The standard InChI is InChI=1S/C25H23FNOP/c1-3-12-28-19-7-4-17(5-8-19)21-10-6-18(14-23(21)26)25-13-16(2)22-15-20(29)9-11-24(22)27-25/h4-11,13-15H,3,12,29H2,1-2H3. The number of hydrogen-bond donors (Lipinski definition) is 0. The molecule has 1 aromatic heterocycles. The summed E-state index contributed by atoms with van der Waals surface area (Å²) in [5.41, 5.74) is 4.99. The van der Waals surface area contributed by atoms with Crippen molar-refractivity contribution in [2.75, 3.05) is 6.61 Å². The van der Waals surface area contributed by atoms with Crippen LogP contribution in [0.3, 0.4) is 0 Å². The topological polar surface area (TPSA) is 22.1 Å². The highest BCUT2D eigenvalue weighted by molar-refractivity contribution is 7.27. The van der Waals surface area contributed by atoms with E-state index in [2.05, 4.69) is 29.2 Å². The van der Waals surface area contributed by atoms with Gasteiger partial charge in [0.2, 0.25) is 0 Å². The van der Waals surface area contributed by atoms with Crippen LogP contribution in [0.4, 0.5) is 4.39 Å². The van der Waals surface area contributed by atoms with Crippen LogP contribution in [-0.4, -0.2) is 11.6 Å². The normalized spacial score (nSPS) is 11.0. The van der Waals surface area contributed by atoms with E-state index >= 15 is 0 Å². The molecule has 0 radical (unpaired) electrons. The average Bonchev–Trinajstić information content (AvgIpc) is 2.73. The Bertz CT molecular complexity index is 1170. The van der Waals surface area contributed by atoms with Crippen molar-refractivity contribution < 1.29 is 9.13 Å². The number of halogens is 1. The molecule has 4 aromatic rings. The molecule has 4 rings (SSSR count). The van der Waals surface area contributed by atoms with Gasteiger partial charge < -0.3 is 4.74 Å². The first kappa shape index (κ1) is 19.5. The Kier molecular flexibility index (Phi) is 5.60. The van der Waals surface area contributed by atoms with Gasteiger partial charge >= 0.3 is 0 Å². The molecule has 1 heterocycles. The summed E-state index contributed by atoms with van der Waals surface area (Å²) in [4.78, 5) is 4.74. The van der Waals surface area contributed by atoms with Crippen molar-refractivity contribution >= 4 is 25.4 Å². The molecular formula is C25H23FNOP. The maximum Gasteiger partial charge on any atom is 0.131 e. The number of aromatic nitrogens is 1. The summed E-state index contributed by atoms with van der Waals surface area (Å²) in [6, 6.07) is 21.0. The Balaban J connectivity index is 1.67. The molecule has 0 bridgehead atoms. The Morgan fingerprint density at radius 2 is 1.69 bits per heavy atom. The van der Waals surface area contributed by atoms with Gasteiger partial charge in [-0.2, -0.15) is 0 Å². The minimum absolute atomic E-state index is 0.260. The first-order valence-corrected chi connectivity index (χ1v) is 10.3. The number of rotatable bonds is 5. The van der Waals surface area contributed by atoms with Crippen LogP contribution in [-0.2, 0) is 0 Å². The third-order valence-corrected chi connectivity index (χ3v) is 5.30. The zero-order valence-corrected chi connectivity index (χ0v) is 17.7. The Labute approximate surface area is 173 Å². The third-order valence-electron chi connectivity index (χ3n) is 4.94. The van der Waals surface area contributed by atoms with Gasteiger partial charge in [-0.05, 0) is 66.2 Å². The molecule has 0 saturated heterocycles. The number of benzene rings is 3. The SMILES string of the molecule is CCCOc1ccc(-c2ccc(-c3cc(C)c4cc(P)ccc4n3)cc2F)cc1. The van der Waals surface area contributed by atoms with E-state index in [1.54, 1.807) is 6.07 Å². The van der Waals surface area contributed by atoms with Gasteiger partial charge in [0.1, 0.15) is 11.6 Å². The van der Waals surface area contributed by atoms with E-state index < -0.39 is 0 Å². The third kappa shape index (κ3) is 4.16. The lowest BCUT2D eigenvalue weighted by Gasteiger charge is -2.10. The molecular weight excluding hydrogens is 380 g/mol. The highest BCUT2D eigenvalue weighted by atomic mass is 31.0. The van der Waals surface area contributed by atoms with Crippen molar-refractivity contribution in [1.82, 2.24) is 4.98 Å². The van der Waals surface area contributed by atoms with E-state index in [-0.39, 0.29) is 5.82 Å². The first-order valence-electron chi connectivity index (χ1n) is 9.75. The molecule has 29 heavy (non-hydrogen) atoms. The monoisotopic (exact) mass is 403 g/mol. The van der Waals surface area contributed by atoms with Crippen molar-refractivity contribution in [3.05, 3.63) is 78.1 Å². The molecule has 3 aromatic carbocycles. The van der Waals surface area contributed by atoms with Crippen LogP contribution in [0.15, 0.2) is 66.7 Å². The van der Waals surface area contributed by atoms with E-state index in [0.29, 0.717) is 12.2 Å². The van der Waals surface area contributed by atoms with E-state index in [0.717, 1.165) is 50.8 Å². The fourth-order valence-electron chi connectivity index (χ4n) is 3.42. The highest BCUT2D eigenvalue weighted by Crippen LogP contribution is 2.30. The lowest BCUT2D eigenvalue weighted by Crippen LogP contribution is -1.95. The number of ether oxygens (including phenoxy) is 1. The smallest absolute Gasteiger partial charge is 0.131 e. The molecule has 146 valence electrons. The van der Waals surface area contributed by atoms with E-state index in [4.69, 9.17) is 9.72 Å². The molecule has 0 fully saturated rings. The molecule has 0 aliphatic rings. The lowest BCUT2D eigenvalue weighted by molar-refractivity contribution is 0.317. The molecule has 2 nitrogen and oxygen atoms in total. The summed E-state index contributed by atoms with van der Waals surface area (Å²) in [5.74, 6) is 0.543. The number of aryl methyl sites for hydroxylation is 1. The first-order chi connectivity index (χ1) is 14.0. The number of fused-ring (bicyclic) bond motifs is 1. The highest BCUT2D eigenvalue weighted by Gasteiger charge is 2.10. The summed E-state index contributed by atoms with van der Waals surface area (Å²) >= 11 is 0. The molecule has 4 heteroatoms. The summed E-state index contributed by atoms with van der Waals surface area (Å²) in [6.07, 6.45) is 0.957. The van der Waals surface area contributed by atoms with Crippen molar-refractivity contribution in [1.29, 1.82) is 0 Å². The van der Waals surface area contributed by atoms with Crippen LogP contribution in [0, 0.1) is 12.7 Å². The Hall–Kier alpha value is -2.77.